The van der Waals surface area contributed by atoms with Crippen LogP contribution in [0.1, 0.15) is 31.1 Å². The molecule has 0 saturated heterocycles. The molecule has 0 heterocycles. The zero-order valence-electron chi connectivity index (χ0n) is 11.7. The zero-order valence-corrected chi connectivity index (χ0v) is 13.3. The number of hydrogen-bond donors (Lipinski definition) is 0. The number of nitro groups is 1. The summed E-state index contributed by atoms with van der Waals surface area (Å²) in [6.45, 7) is 4.50. The lowest BCUT2D eigenvalue weighted by Gasteiger charge is -2.19. The Morgan fingerprint density at radius 3 is 2.48 bits per heavy atom. The topological polar surface area (TPSA) is 95.7 Å². The average molecular weight is 360 g/mol. The molecule has 0 fully saturated rings. The van der Waals surface area contributed by atoms with E-state index in [1.165, 1.54) is 12.1 Å². The highest BCUT2D eigenvalue weighted by molar-refractivity contribution is 9.10. The van der Waals surface area contributed by atoms with E-state index in [0.717, 1.165) is 6.07 Å². The molecule has 0 aliphatic heterocycles. The summed E-state index contributed by atoms with van der Waals surface area (Å²) >= 11 is 3.01. The van der Waals surface area contributed by atoms with E-state index in [1.54, 1.807) is 20.8 Å². The van der Waals surface area contributed by atoms with Crippen LogP contribution in [0.4, 0.5) is 5.69 Å². The Morgan fingerprint density at radius 1 is 1.33 bits per heavy atom. The van der Waals surface area contributed by atoms with Crippen molar-refractivity contribution in [2.45, 2.75) is 26.4 Å². The molecule has 114 valence electrons. The van der Waals surface area contributed by atoms with Crippen molar-refractivity contribution < 1.29 is 24.0 Å². The fourth-order valence-electron chi connectivity index (χ4n) is 1.36. The van der Waals surface area contributed by atoms with E-state index < -0.39 is 29.1 Å². The van der Waals surface area contributed by atoms with Gasteiger partial charge < -0.3 is 9.47 Å². The minimum absolute atomic E-state index is 0.0199. The summed E-state index contributed by atoms with van der Waals surface area (Å²) in [5, 5.41) is 10.8. The molecular weight excluding hydrogens is 346 g/mol. The van der Waals surface area contributed by atoms with Crippen molar-refractivity contribution in [1.82, 2.24) is 0 Å². The van der Waals surface area contributed by atoms with E-state index in [4.69, 9.17) is 9.47 Å². The van der Waals surface area contributed by atoms with E-state index in [9.17, 15) is 19.7 Å². The average Bonchev–Trinajstić information content (AvgIpc) is 2.34. The van der Waals surface area contributed by atoms with Gasteiger partial charge in [0, 0.05) is 6.07 Å². The second-order valence-corrected chi connectivity index (χ2v) is 5.94. The predicted octanol–water partition coefficient (Wildman–Crippen LogP) is 2.86. The van der Waals surface area contributed by atoms with Crippen LogP contribution in [0, 0.1) is 10.1 Å². The van der Waals surface area contributed by atoms with Gasteiger partial charge in [0.05, 0.1) is 15.0 Å². The Bertz CT molecular complexity index is 579. The molecule has 0 unspecified atom stereocenters. The molecule has 21 heavy (non-hydrogen) atoms. The number of halogens is 1. The predicted molar refractivity (Wildman–Crippen MR) is 76.9 cm³/mol. The smallest absolute Gasteiger partial charge is 0.344 e. The van der Waals surface area contributed by atoms with Gasteiger partial charge in [-0.3, -0.25) is 10.1 Å². The molecule has 7 nitrogen and oxygen atoms in total. The summed E-state index contributed by atoms with van der Waals surface area (Å²) in [4.78, 5) is 33.3. The van der Waals surface area contributed by atoms with Crippen molar-refractivity contribution in [2.24, 2.45) is 0 Å². The van der Waals surface area contributed by atoms with Gasteiger partial charge in [0.2, 0.25) is 0 Å². The first-order valence-corrected chi connectivity index (χ1v) is 6.72. The van der Waals surface area contributed by atoms with E-state index in [-0.39, 0.29) is 15.7 Å². The molecule has 1 aromatic carbocycles. The Hall–Kier alpha value is -1.96. The molecule has 0 radical (unpaired) electrons. The first-order chi connectivity index (χ1) is 9.60. The maximum Gasteiger partial charge on any atom is 0.344 e. The van der Waals surface area contributed by atoms with Crippen LogP contribution in [0.5, 0.6) is 0 Å². The van der Waals surface area contributed by atoms with Crippen molar-refractivity contribution in [3.8, 4) is 0 Å². The van der Waals surface area contributed by atoms with Crippen LogP contribution in [0.3, 0.4) is 0 Å². The van der Waals surface area contributed by atoms with E-state index in [0.29, 0.717) is 0 Å². The SMILES string of the molecule is CC(C)(C)OC(=O)COC(=O)c1ccc(Br)c([N+](=O)[O-])c1. The van der Waals surface area contributed by atoms with Crippen LogP contribution in [0.2, 0.25) is 0 Å². The number of carbonyl (C=O) groups excluding carboxylic acids is 2. The summed E-state index contributed by atoms with van der Waals surface area (Å²) in [5.74, 6) is -1.53. The fraction of sp³-hybridized carbons (Fsp3) is 0.385. The molecule has 0 aromatic heterocycles. The maximum absolute atomic E-state index is 11.7. The standard InChI is InChI=1S/C13H14BrNO6/c1-13(2,3)21-11(16)7-20-12(17)8-4-5-9(14)10(6-8)15(18)19/h4-6H,7H2,1-3H3. The molecule has 0 spiro atoms. The molecule has 0 aliphatic rings. The third-order valence-corrected chi connectivity index (χ3v) is 2.79. The van der Waals surface area contributed by atoms with Gasteiger partial charge in [-0.05, 0) is 48.8 Å². The quantitative estimate of drug-likeness (QED) is 0.465. The fourth-order valence-corrected chi connectivity index (χ4v) is 1.75. The van der Waals surface area contributed by atoms with Crippen LogP contribution in [0.25, 0.3) is 0 Å². The first-order valence-electron chi connectivity index (χ1n) is 5.93. The lowest BCUT2D eigenvalue weighted by Crippen LogP contribution is -2.27. The van der Waals surface area contributed by atoms with Gasteiger partial charge in [-0.1, -0.05) is 0 Å². The van der Waals surface area contributed by atoms with Crippen LogP contribution in [-0.4, -0.2) is 29.1 Å². The molecule has 8 heteroatoms. The molecule has 0 saturated carbocycles. The molecule has 0 atom stereocenters. The van der Waals surface area contributed by atoms with Crippen molar-refractivity contribution in [2.75, 3.05) is 6.61 Å². The Kier molecular flexibility index (Phi) is 5.42. The lowest BCUT2D eigenvalue weighted by molar-refractivity contribution is -0.385. The van der Waals surface area contributed by atoms with Gasteiger partial charge >= 0.3 is 11.9 Å². The zero-order chi connectivity index (χ0) is 16.2. The number of hydrogen-bond acceptors (Lipinski definition) is 6. The first kappa shape index (κ1) is 17.1. The highest BCUT2D eigenvalue weighted by Gasteiger charge is 2.20. The minimum Gasteiger partial charge on any atom is -0.457 e. The van der Waals surface area contributed by atoms with E-state index in [1.807, 2.05) is 0 Å². The van der Waals surface area contributed by atoms with E-state index in [2.05, 4.69) is 15.9 Å². The van der Waals surface area contributed by atoms with Gasteiger partial charge in [0.1, 0.15) is 5.60 Å². The van der Waals surface area contributed by atoms with Crippen molar-refractivity contribution in [3.05, 3.63) is 38.3 Å². The number of carbonyl (C=O) groups is 2. The number of rotatable bonds is 4. The molecule has 0 aliphatic carbocycles. The Morgan fingerprint density at radius 2 is 1.95 bits per heavy atom. The third-order valence-electron chi connectivity index (χ3n) is 2.12. The highest BCUT2D eigenvalue weighted by Crippen LogP contribution is 2.25. The summed E-state index contributed by atoms with van der Waals surface area (Å²) in [5.41, 5.74) is -0.963. The Labute approximate surface area is 129 Å². The second kappa shape index (κ2) is 6.66. The van der Waals surface area contributed by atoms with Crippen LogP contribution >= 0.6 is 15.9 Å². The summed E-state index contributed by atoms with van der Waals surface area (Å²) in [6.07, 6.45) is 0. The molecule has 0 bridgehead atoms. The van der Waals surface area contributed by atoms with Gasteiger partial charge in [-0.25, -0.2) is 9.59 Å². The number of nitrogens with zero attached hydrogens (tertiary/aromatic N) is 1. The number of benzene rings is 1. The molecule has 1 rings (SSSR count). The van der Waals surface area contributed by atoms with Gasteiger partial charge in [-0.15, -0.1) is 0 Å². The van der Waals surface area contributed by atoms with Crippen molar-refractivity contribution in [3.63, 3.8) is 0 Å². The summed E-state index contributed by atoms with van der Waals surface area (Å²) in [7, 11) is 0. The number of nitro benzene ring substituents is 1. The Balaban J connectivity index is 2.71. The molecule has 0 amide bonds. The van der Waals surface area contributed by atoms with Gasteiger partial charge in [-0.2, -0.15) is 0 Å². The number of esters is 2. The van der Waals surface area contributed by atoms with Crippen molar-refractivity contribution >= 4 is 33.6 Å². The van der Waals surface area contributed by atoms with Gasteiger partial charge in [0.25, 0.3) is 5.69 Å². The van der Waals surface area contributed by atoms with Crippen LogP contribution in [0.15, 0.2) is 22.7 Å². The van der Waals surface area contributed by atoms with Gasteiger partial charge in [0.15, 0.2) is 6.61 Å². The van der Waals surface area contributed by atoms with Crippen molar-refractivity contribution in [1.29, 1.82) is 0 Å². The van der Waals surface area contributed by atoms with E-state index >= 15 is 0 Å². The summed E-state index contributed by atoms with van der Waals surface area (Å²) < 4.78 is 9.98. The molecular formula is C13H14BrNO6. The molecule has 0 N–H and O–H groups in total. The maximum atomic E-state index is 11.7. The highest BCUT2D eigenvalue weighted by atomic mass is 79.9. The lowest BCUT2D eigenvalue weighted by atomic mass is 10.2. The minimum atomic E-state index is -0.837. The third kappa shape index (κ3) is 5.50. The largest absolute Gasteiger partial charge is 0.457 e. The van der Waals surface area contributed by atoms with Crippen LogP contribution in [-0.2, 0) is 14.3 Å². The summed E-state index contributed by atoms with van der Waals surface area (Å²) in [6, 6.07) is 3.79. The monoisotopic (exact) mass is 359 g/mol. The normalized spacial score (nSPS) is 10.9. The molecule has 1 aromatic rings. The number of ether oxygens (including phenoxy) is 2. The van der Waals surface area contributed by atoms with Crippen LogP contribution < -0.4 is 0 Å². The second-order valence-electron chi connectivity index (χ2n) is 5.09.